The van der Waals surface area contributed by atoms with E-state index in [1.165, 1.54) is 6.33 Å². The zero-order valence-corrected chi connectivity index (χ0v) is 14.5. The first kappa shape index (κ1) is 18.6. The van der Waals surface area contributed by atoms with Crippen LogP contribution in [0.1, 0.15) is 42.6 Å². The Hall–Kier alpha value is -2.16. The van der Waals surface area contributed by atoms with Crippen molar-refractivity contribution in [3.8, 4) is 0 Å². The first-order chi connectivity index (χ1) is 12.3. The van der Waals surface area contributed by atoms with Gasteiger partial charge >= 0.3 is 6.18 Å². The quantitative estimate of drug-likeness (QED) is 0.850. The summed E-state index contributed by atoms with van der Waals surface area (Å²) < 4.78 is 37.1. The minimum atomic E-state index is -4.12. The number of aromatic amines is 1. The summed E-state index contributed by atoms with van der Waals surface area (Å²) in [5, 5.41) is 2.99. The molecule has 2 heterocycles. The van der Waals surface area contributed by atoms with E-state index in [1.807, 2.05) is 0 Å². The Kier molecular flexibility index (Phi) is 5.45. The van der Waals surface area contributed by atoms with Gasteiger partial charge in [0.1, 0.15) is 6.33 Å². The molecule has 1 fully saturated rings. The van der Waals surface area contributed by atoms with Gasteiger partial charge in [0.2, 0.25) is 0 Å². The fraction of sp³-hybridized carbons (Fsp3) is 0.588. The number of alkyl halides is 3. The van der Waals surface area contributed by atoms with Crippen LogP contribution in [0.3, 0.4) is 0 Å². The highest BCUT2D eigenvalue weighted by molar-refractivity contribution is 6.02. The van der Waals surface area contributed by atoms with Crippen LogP contribution in [0, 0.1) is 0 Å². The molecule has 2 N–H and O–H groups in total. The molecule has 2 aromatic rings. The minimum absolute atomic E-state index is 0.00902. The summed E-state index contributed by atoms with van der Waals surface area (Å²) in [7, 11) is 1.73. The Bertz CT molecular complexity index is 752. The second kappa shape index (κ2) is 7.61. The third-order valence-corrected chi connectivity index (χ3v) is 4.96. The zero-order valence-electron chi connectivity index (χ0n) is 14.5. The van der Waals surface area contributed by atoms with Crippen LogP contribution in [-0.4, -0.2) is 57.6 Å². The lowest BCUT2D eigenvalue weighted by atomic mass is 9.90. The fourth-order valence-corrected chi connectivity index (χ4v) is 3.44. The number of carbonyl (C=O) groups excluding carboxylic acids is 1. The van der Waals surface area contributed by atoms with Crippen molar-refractivity contribution < 1.29 is 18.0 Å². The predicted molar refractivity (Wildman–Crippen MR) is 90.7 cm³/mol. The largest absolute Gasteiger partial charge is 0.390 e. The van der Waals surface area contributed by atoms with Gasteiger partial charge in [-0.2, -0.15) is 13.2 Å². The summed E-state index contributed by atoms with van der Waals surface area (Å²) >= 11 is 0. The molecular formula is C17H22F3N5O. The average molecular weight is 369 g/mol. The molecule has 0 aliphatic heterocycles. The highest BCUT2D eigenvalue weighted by Gasteiger charge is 2.30. The van der Waals surface area contributed by atoms with Crippen molar-refractivity contribution in [3.63, 3.8) is 0 Å². The SMILES string of the molecule is CN(CCC(F)(F)F)C1CCC(NC(=O)c2ncnc3cc[nH]c23)CC1. The first-order valence-corrected chi connectivity index (χ1v) is 8.69. The standard InChI is InChI=1S/C17H22F3N5O/c1-25(9-7-17(18,19)20)12-4-2-11(3-5-12)24-16(26)15-14-13(6-8-21-14)22-10-23-15/h6,8,10-12,21H,2-5,7,9H2,1H3,(H,24,26). The molecule has 0 spiro atoms. The molecule has 0 bridgehead atoms. The maximum atomic E-state index is 12.5. The van der Waals surface area contributed by atoms with Crippen molar-refractivity contribution in [1.82, 2.24) is 25.2 Å². The Labute approximate surface area is 149 Å². The van der Waals surface area contributed by atoms with E-state index < -0.39 is 12.6 Å². The van der Waals surface area contributed by atoms with Crippen LogP contribution < -0.4 is 5.32 Å². The van der Waals surface area contributed by atoms with E-state index in [-0.39, 0.29) is 24.5 Å². The highest BCUT2D eigenvalue weighted by atomic mass is 19.4. The van der Waals surface area contributed by atoms with Crippen LogP contribution in [0.5, 0.6) is 0 Å². The maximum Gasteiger partial charge on any atom is 0.390 e. The van der Waals surface area contributed by atoms with Crippen molar-refractivity contribution in [2.24, 2.45) is 0 Å². The smallest absolute Gasteiger partial charge is 0.358 e. The zero-order chi connectivity index (χ0) is 18.7. The van der Waals surface area contributed by atoms with Crippen molar-refractivity contribution in [2.45, 2.75) is 50.4 Å². The van der Waals surface area contributed by atoms with E-state index in [2.05, 4.69) is 20.3 Å². The van der Waals surface area contributed by atoms with Crippen LogP contribution in [0.25, 0.3) is 11.0 Å². The number of amides is 1. The molecular weight excluding hydrogens is 347 g/mol. The number of H-pyrrole nitrogens is 1. The van der Waals surface area contributed by atoms with Crippen LogP contribution in [0.15, 0.2) is 18.6 Å². The van der Waals surface area contributed by atoms with Gasteiger partial charge in [0.05, 0.1) is 17.5 Å². The molecule has 0 radical (unpaired) electrons. The normalized spacial score (nSPS) is 21.3. The third-order valence-electron chi connectivity index (χ3n) is 4.96. The molecule has 1 saturated carbocycles. The lowest BCUT2D eigenvalue weighted by Gasteiger charge is -2.35. The van der Waals surface area contributed by atoms with Crippen molar-refractivity contribution in [2.75, 3.05) is 13.6 Å². The van der Waals surface area contributed by atoms with Crippen molar-refractivity contribution in [3.05, 3.63) is 24.3 Å². The molecule has 26 heavy (non-hydrogen) atoms. The number of halogens is 3. The lowest BCUT2D eigenvalue weighted by Crippen LogP contribution is -2.43. The van der Waals surface area contributed by atoms with Gasteiger partial charge in [-0.3, -0.25) is 4.79 Å². The number of hydrogen-bond acceptors (Lipinski definition) is 4. The molecule has 0 saturated heterocycles. The number of nitrogens with zero attached hydrogens (tertiary/aromatic N) is 3. The second-order valence-corrected chi connectivity index (χ2v) is 6.78. The molecule has 1 aliphatic carbocycles. The molecule has 2 aromatic heterocycles. The summed E-state index contributed by atoms with van der Waals surface area (Å²) in [5.74, 6) is -0.256. The average Bonchev–Trinajstić information content (AvgIpc) is 3.08. The summed E-state index contributed by atoms with van der Waals surface area (Å²) in [6.07, 6.45) is 1.16. The van der Waals surface area contributed by atoms with Crippen LogP contribution >= 0.6 is 0 Å². The molecule has 1 amide bonds. The summed E-state index contributed by atoms with van der Waals surface area (Å²) in [6.45, 7) is 0.0108. The highest BCUT2D eigenvalue weighted by Crippen LogP contribution is 2.25. The van der Waals surface area contributed by atoms with Gasteiger partial charge in [-0.15, -0.1) is 0 Å². The van der Waals surface area contributed by atoms with Crippen molar-refractivity contribution >= 4 is 16.9 Å². The maximum absolute atomic E-state index is 12.5. The number of hydrogen-bond donors (Lipinski definition) is 2. The van der Waals surface area contributed by atoms with E-state index in [9.17, 15) is 18.0 Å². The summed E-state index contributed by atoms with van der Waals surface area (Å²) in [6, 6.07) is 1.91. The van der Waals surface area contributed by atoms with Crippen LogP contribution in [0.2, 0.25) is 0 Å². The Morgan fingerprint density at radius 1 is 1.31 bits per heavy atom. The fourth-order valence-electron chi connectivity index (χ4n) is 3.44. The predicted octanol–water partition coefficient (Wildman–Crippen LogP) is 2.88. The summed E-state index contributed by atoms with van der Waals surface area (Å²) in [5.41, 5.74) is 1.59. The van der Waals surface area contributed by atoms with E-state index in [4.69, 9.17) is 0 Å². The van der Waals surface area contributed by atoms with E-state index >= 15 is 0 Å². The first-order valence-electron chi connectivity index (χ1n) is 8.69. The molecule has 0 aromatic carbocycles. The van der Waals surface area contributed by atoms with Crippen LogP contribution in [-0.2, 0) is 0 Å². The summed E-state index contributed by atoms with van der Waals surface area (Å²) in [4.78, 5) is 25.4. The lowest BCUT2D eigenvalue weighted by molar-refractivity contribution is -0.138. The number of fused-ring (bicyclic) bond motifs is 1. The van der Waals surface area contributed by atoms with E-state index in [0.29, 0.717) is 16.7 Å². The van der Waals surface area contributed by atoms with E-state index in [1.54, 1.807) is 24.2 Å². The second-order valence-electron chi connectivity index (χ2n) is 6.78. The molecule has 0 unspecified atom stereocenters. The Balaban J connectivity index is 1.51. The monoisotopic (exact) mass is 369 g/mol. The molecule has 3 rings (SSSR count). The van der Waals surface area contributed by atoms with Gasteiger partial charge in [-0.05, 0) is 38.8 Å². The van der Waals surface area contributed by atoms with Gasteiger partial charge < -0.3 is 15.2 Å². The Morgan fingerprint density at radius 2 is 2.04 bits per heavy atom. The van der Waals surface area contributed by atoms with Gasteiger partial charge in [0, 0.05) is 24.8 Å². The van der Waals surface area contributed by atoms with Crippen molar-refractivity contribution in [1.29, 1.82) is 0 Å². The molecule has 142 valence electrons. The van der Waals surface area contributed by atoms with Gasteiger partial charge in [-0.1, -0.05) is 0 Å². The number of rotatable bonds is 5. The number of nitrogens with one attached hydrogen (secondary N) is 2. The van der Waals surface area contributed by atoms with Gasteiger partial charge in [0.15, 0.2) is 5.69 Å². The van der Waals surface area contributed by atoms with E-state index in [0.717, 1.165) is 25.7 Å². The van der Waals surface area contributed by atoms with Gasteiger partial charge in [-0.25, -0.2) is 9.97 Å². The topological polar surface area (TPSA) is 73.9 Å². The van der Waals surface area contributed by atoms with Gasteiger partial charge in [0.25, 0.3) is 5.91 Å². The molecule has 6 nitrogen and oxygen atoms in total. The minimum Gasteiger partial charge on any atom is -0.358 e. The third kappa shape index (κ3) is 4.51. The van der Waals surface area contributed by atoms with Crippen LogP contribution in [0.4, 0.5) is 13.2 Å². The molecule has 0 atom stereocenters. The number of carbonyl (C=O) groups is 1. The molecule has 1 aliphatic rings. The number of aromatic nitrogens is 3. The Morgan fingerprint density at radius 3 is 2.73 bits per heavy atom. The molecule has 9 heteroatoms.